The second-order valence-corrected chi connectivity index (χ2v) is 5.92. The molecule has 0 saturated carbocycles. The van der Waals surface area contributed by atoms with Crippen LogP contribution in [0.1, 0.15) is 16.8 Å². The van der Waals surface area contributed by atoms with Crippen molar-refractivity contribution in [3.63, 3.8) is 0 Å². The van der Waals surface area contributed by atoms with E-state index in [1.165, 1.54) is 6.20 Å². The number of aromatic nitrogens is 1. The lowest BCUT2D eigenvalue weighted by molar-refractivity contribution is 0.0922. The lowest BCUT2D eigenvalue weighted by Crippen LogP contribution is -2.38. The van der Waals surface area contributed by atoms with Crippen molar-refractivity contribution in [3.8, 4) is 5.75 Å². The molecule has 7 heteroatoms. The first-order valence-corrected chi connectivity index (χ1v) is 7.92. The highest BCUT2D eigenvalue weighted by atomic mass is 35.5. The number of amides is 1. The van der Waals surface area contributed by atoms with Gasteiger partial charge in [0.05, 0.1) is 17.3 Å². The number of hydrogen-bond acceptors (Lipinski definition) is 3. The summed E-state index contributed by atoms with van der Waals surface area (Å²) < 4.78 is 5.57. The quantitative estimate of drug-likeness (QED) is 0.763. The fraction of sp³-hybridized carbons (Fsp3) is 0.188. The predicted molar refractivity (Wildman–Crippen MR) is 92.4 cm³/mol. The van der Waals surface area contributed by atoms with E-state index in [0.717, 1.165) is 0 Å². The zero-order valence-electron chi connectivity index (χ0n) is 12.1. The number of benzene rings is 1. The summed E-state index contributed by atoms with van der Waals surface area (Å²) in [7, 11) is 0. The number of carbonyl (C=O) groups is 1. The van der Waals surface area contributed by atoms with E-state index in [0.29, 0.717) is 27.8 Å². The highest BCUT2D eigenvalue weighted by molar-refractivity contribution is 6.41. The average Bonchev–Trinajstić information content (AvgIpc) is 2.55. The largest absolute Gasteiger partial charge is 0.490 e. The Kier molecular flexibility index (Phi) is 6.51. The van der Waals surface area contributed by atoms with E-state index in [-0.39, 0.29) is 23.7 Å². The molecule has 121 valence electrons. The summed E-state index contributed by atoms with van der Waals surface area (Å²) in [6, 6.07) is 7.94. The van der Waals surface area contributed by atoms with Crippen LogP contribution in [0, 0.1) is 6.92 Å². The molecule has 0 aliphatic carbocycles. The average molecular weight is 373 g/mol. The number of hydrogen-bond donors (Lipinski definition) is 1. The molecule has 2 aromatic rings. The molecule has 1 unspecified atom stereocenters. The molecule has 1 heterocycles. The normalized spacial score (nSPS) is 11.8. The van der Waals surface area contributed by atoms with Gasteiger partial charge < -0.3 is 10.1 Å². The topological polar surface area (TPSA) is 51.2 Å². The molecule has 0 aliphatic heterocycles. The molecule has 2 rings (SSSR count). The van der Waals surface area contributed by atoms with Gasteiger partial charge >= 0.3 is 0 Å². The minimum Gasteiger partial charge on any atom is -0.490 e. The Balaban J connectivity index is 1.93. The van der Waals surface area contributed by atoms with Crippen LogP contribution >= 0.6 is 34.8 Å². The second kappa shape index (κ2) is 8.39. The summed E-state index contributed by atoms with van der Waals surface area (Å²) >= 11 is 17.4. The highest BCUT2D eigenvalue weighted by Crippen LogP contribution is 2.23. The molecule has 1 radical (unpaired) electrons. The van der Waals surface area contributed by atoms with Crippen LogP contribution in [0.5, 0.6) is 5.75 Å². The molecule has 1 N–H and O–H groups in total. The summed E-state index contributed by atoms with van der Waals surface area (Å²) in [6.45, 7) is 4.05. The Morgan fingerprint density at radius 1 is 1.26 bits per heavy atom. The lowest BCUT2D eigenvalue weighted by atomic mass is 10.2. The van der Waals surface area contributed by atoms with E-state index >= 15 is 0 Å². The van der Waals surface area contributed by atoms with Gasteiger partial charge in [0.25, 0.3) is 5.91 Å². The van der Waals surface area contributed by atoms with Crippen LogP contribution in [-0.2, 0) is 0 Å². The minimum atomic E-state index is -0.257. The van der Waals surface area contributed by atoms with Crippen molar-refractivity contribution in [1.82, 2.24) is 10.3 Å². The fourth-order valence-electron chi connectivity index (χ4n) is 1.75. The van der Waals surface area contributed by atoms with Crippen LogP contribution in [0.4, 0.5) is 0 Å². The summed E-state index contributed by atoms with van der Waals surface area (Å²) in [6.07, 6.45) is 1.93. The van der Waals surface area contributed by atoms with Crippen molar-refractivity contribution in [2.75, 3.05) is 6.61 Å². The van der Waals surface area contributed by atoms with E-state index in [9.17, 15) is 4.79 Å². The third-order valence-corrected chi connectivity index (χ3v) is 3.95. The fourth-order valence-corrected chi connectivity index (χ4v) is 2.13. The zero-order valence-corrected chi connectivity index (χ0v) is 14.3. The molecule has 1 aromatic carbocycles. The Labute approximate surface area is 149 Å². The van der Waals surface area contributed by atoms with E-state index in [4.69, 9.17) is 39.5 Å². The van der Waals surface area contributed by atoms with Crippen LogP contribution in [0.15, 0.2) is 36.5 Å². The standard InChI is InChI=1S/C16H14Cl3N2O2/c1-2-12(9-23-13-7-14(18)15(19)20-8-13)21-16(22)10-3-5-11(17)6-4-10/h3-8,12H,1-2,9H2,(H,21,22). The molecule has 0 aliphatic rings. The van der Waals surface area contributed by atoms with Crippen LogP contribution in [0.3, 0.4) is 0 Å². The second-order valence-electron chi connectivity index (χ2n) is 4.72. The van der Waals surface area contributed by atoms with Gasteiger partial charge in [-0.05, 0) is 30.7 Å². The summed E-state index contributed by atoms with van der Waals surface area (Å²) in [5.74, 6) is 0.254. The first-order valence-electron chi connectivity index (χ1n) is 6.79. The van der Waals surface area contributed by atoms with E-state index < -0.39 is 0 Å². The molecule has 1 atom stereocenters. The SMILES string of the molecule is [CH2]CC(COc1cnc(Cl)c(Cl)c1)NC(=O)c1ccc(Cl)cc1. The number of carbonyl (C=O) groups excluding carboxylic acids is 1. The van der Waals surface area contributed by atoms with Crippen LogP contribution in [0.2, 0.25) is 15.2 Å². The van der Waals surface area contributed by atoms with Crippen molar-refractivity contribution < 1.29 is 9.53 Å². The molecule has 1 amide bonds. The van der Waals surface area contributed by atoms with E-state index in [1.807, 2.05) is 0 Å². The number of rotatable bonds is 6. The molecule has 23 heavy (non-hydrogen) atoms. The Hall–Kier alpha value is -1.49. The van der Waals surface area contributed by atoms with Gasteiger partial charge in [-0.15, -0.1) is 0 Å². The number of pyridine rings is 1. The first kappa shape index (κ1) is 17.9. The van der Waals surface area contributed by atoms with Gasteiger partial charge in [0.15, 0.2) is 0 Å². The number of ether oxygens (including phenoxy) is 1. The van der Waals surface area contributed by atoms with Crippen molar-refractivity contribution in [2.24, 2.45) is 0 Å². The maximum Gasteiger partial charge on any atom is 0.251 e. The Morgan fingerprint density at radius 2 is 1.96 bits per heavy atom. The zero-order chi connectivity index (χ0) is 16.8. The Bertz CT molecular complexity index is 678. The molecule has 0 saturated heterocycles. The van der Waals surface area contributed by atoms with Gasteiger partial charge in [0.1, 0.15) is 17.5 Å². The van der Waals surface area contributed by atoms with Gasteiger partial charge in [-0.3, -0.25) is 4.79 Å². The third kappa shape index (κ3) is 5.27. The minimum absolute atomic E-state index is 0.212. The lowest BCUT2D eigenvalue weighted by Gasteiger charge is -2.18. The van der Waals surface area contributed by atoms with Crippen molar-refractivity contribution in [1.29, 1.82) is 0 Å². The number of nitrogens with one attached hydrogen (secondary N) is 1. The molecule has 0 fully saturated rings. The van der Waals surface area contributed by atoms with Crippen LogP contribution in [-0.4, -0.2) is 23.5 Å². The summed E-state index contributed by atoms with van der Waals surface area (Å²) in [5.41, 5.74) is 0.518. The van der Waals surface area contributed by atoms with Crippen LogP contribution < -0.4 is 10.1 Å². The molecule has 0 spiro atoms. The molecular formula is C16H14Cl3N2O2. The first-order chi connectivity index (χ1) is 11.0. The van der Waals surface area contributed by atoms with E-state index in [1.54, 1.807) is 30.3 Å². The molecule has 4 nitrogen and oxygen atoms in total. The van der Waals surface area contributed by atoms with Crippen molar-refractivity contribution in [3.05, 3.63) is 64.2 Å². The van der Waals surface area contributed by atoms with Crippen molar-refractivity contribution in [2.45, 2.75) is 12.5 Å². The summed E-state index contributed by atoms with van der Waals surface area (Å²) in [5, 5.41) is 3.94. The maximum atomic E-state index is 12.1. The monoisotopic (exact) mass is 371 g/mol. The Morgan fingerprint density at radius 3 is 2.57 bits per heavy atom. The molecule has 0 bridgehead atoms. The third-order valence-electron chi connectivity index (χ3n) is 3.01. The van der Waals surface area contributed by atoms with Gasteiger partial charge in [-0.1, -0.05) is 41.7 Å². The van der Waals surface area contributed by atoms with Crippen LogP contribution in [0.25, 0.3) is 0 Å². The number of halogens is 3. The van der Waals surface area contributed by atoms with Crippen molar-refractivity contribution >= 4 is 40.7 Å². The highest BCUT2D eigenvalue weighted by Gasteiger charge is 2.13. The molecule has 1 aromatic heterocycles. The van der Waals surface area contributed by atoms with Gasteiger partial charge in [0, 0.05) is 16.7 Å². The molecular weight excluding hydrogens is 359 g/mol. The smallest absolute Gasteiger partial charge is 0.251 e. The van der Waals surface area contributed by atoms with Gasteiger partial charge in [-0.2, -0.15) is 0 Å². The van der Waals surface area contributed by atoms with Gasteiger partial charge in [-0.25, -0.2) is 4.98 Å². The predicted octanol–water partition coefficient (Wildman–Crippen LogP) is 4.44. The van der Waals surface area contributed by atoms with Gasteiger partial charge in [0.2, 0.25) is 0 Å². The van der Waals surface area contributed by atoms with E-state index in [2.05, 4.69) is 17.2 Å². The summed E-state index contributed by atoms with van der Waals surface area (Å²) in [4.78, 5) is 16.0. The number of nitrogens with zero attached hydrogens (tertiary/aromatic N) is 1. The maximum absolute atomic E-state index is 12.1.